The fourth-order valence-corrected chi connectivity index (χ4v) is 2.97. The van der Waals surface area contributed by atoms with Crippen molar-refractivity contribution in [3.63, 3.8) is 0 Å². The van der Waals surface area contributed by atoms with E-state index in [2.05, 4.69) is 29.6 Å². The first-order chi connectivity index (χ1) is 9.42. The molecule has 2 fully saturated rings. The van der Waals surface area contributed by atoms with Crippen LogP contribution in [-0.2, 0) is 4.74 Å². The van der Waals surface area contributed by atoms with Gasteiger partial charge in [-0.05, 0) is 55.8 Å². The summed E-state index contributed by atoms with van der Waals surface area (Å²) in [5, 5.41) is 3.47. The van der Waals surface area contributed by atoms with E-state index in [1.807, 2.05) is 0 Å². The Morgan fingerprint density at radius 1 is 1.21 bits per heavy atom. The topological polar surface area (TPSA) is 30.5 Å². The molecule has 0 aromatic heterocycles. The Morgan fingerprint density at radius 2 is 2.21 bits per heavy atom. The molecule has 1 N–H and O–H groups in total. The van der Waals surface area contributed by atoms with Crippen molar-refractivity contribution >= 4 is 0 Å². The van der Waals surface area contributed by atoms with Gasteiger partial charge in [0.15, 0.2) is 0 Å². The van der Waals surface area contributed by atoms with E-state index in [0.717, 1.165) is 44.9 Å². The quantitative estimate of drug-likeness (QED) is 0.907. The lowest BCUT2D eigenvalue weighted by Crippen LogP contribution is -2.29. The van der Waals surface area contributed by atoms with Gasteiger partial charge in [0.05, 0.1) is 6.61 Å². The highest BCUT2D eigenvalue weighted by Gasteiger charge is 2.18. The number of nitrogens with one attached hydrogen (secondary N) is 1. The molecular weight excluding hydrogens is 238 g/mol. The molecule has 19 heavy (non-hydrogen) atoms. The lowest BCUT2D eigenvalue weighted by atomic mass is 9.91. The molecule has 0 saturated carbocycles. The molecule has 0 spiro atoms. The Kier molecular flexibility index (Phi) is 4.36. The van der Waals surface area contributed by atoms with Crippen molar-refractivity contribution < 1.29 is 9.47 Å². The van der Waals surface area contributed by atoms with Crippen LogP contribution in [0.3, 0.4) is 0 Å². The third-order valence-corrected chi connectivity index (χ3v) is 4.05. The van der Waals surface area contributed by atoms with E-state index in [-0.39, 0.29) is 6.10 Å². The molecule has 3 nitrogen and oxygen atoms in total. The fourth-order valence-electron chi connectivity index (χ4n) is 2.97. The standard InChI is InChI=1S/C16H23NO2/c1-4-13(14-5-2-8-17-11-14)10-15(6-1)19-16-7-3-9-18-12-16/h1,4,6,10,14,16-17H,2-3,5,7-9,11-12H2. The van der Waals surface area contributed by atoms with Gasteiger partial charge in [-0.1, -0.05) is 12.1 Å². The summed E-state index contributed by atoms with van der Waals surface area (Å²) in [5.74, 6) is 1.64. The van der Waals surface area contributed by atoms with Gasteiger partial charge in [-0.25, -0.2) is 0 Å². The van der Waals surface area contributed by atoms with Gasteiger partial charge in [0.1, 0.15) is 11.9 Å². The van der Waals surface area contributed by atoms with Crippen LogP contribution >= 0.6 is 0 Å². The Labute approximate surface area is 115 Å². The predicted octanol–water partition coefficient (Wildman–Crippen LogP) is 2.71. The molecule has 2 atom stereocenters. The van der Waals surface area contributed by atoms with E-state index in [4.69, 9.17) is 9.47 Å². The Morgan fingerprint density at radius 3 is 3.00 bits per heavy atom. The third-order valence-electron chi connectivity index (χ3n) is 4.05. The highest BCUT2D eigenvalue weighted by atomic mass is 16.5. The predicted molar refractivity (Wildman–Crippen MR) is 75.8 cm³/mol. The van der Waals surface area contributed by atoms with E-state index >= 15 is 0 Å². The van der Waals surface area contributed by atoms with Crippen LogP contribution in [0.15, 0.2) is 24.3 Å². The summed E-state index contributed by atoms with van der Waals surface area (Å²) < 4.78 is 11.5. The molecule has 2 unspecified atom stereocenters. The zero-order chi connectivity index (χ0) is 12.9. The molecule has 2 aliphatic heterocycles. The molecular formula is C16H23NO2. The van der Waals surface area contributed by atoms with Gasteiger partial charge in [0.2, 0.25) is 0 Å². The molecule has 0 bridgehead atoms. The van der Waals surface area contributed by atoms with E-state index in [1.165, 1.54) is 18.4 Å². The highest BCUT2D eigenvalue weighted by Crippen LogP contribution is 2.27. The van der Waals surface area contributed by atoms with Crippen molar-refractivity contribution in [3.8, 4) is 5.75 Å². The largest absolute Gasteiger partial charge is 0.488 e. The van der Waals surface area contributed by atoms with Crippen LogP contribution < -0.4 is 10.1 Å². The fraction of sp³-hybridized carbons (Fsp3) is 0.625. The van der Waals surface area contributed by atoms with Crippen LogP contribution in [0, 0.1) is 0 Å². The van der Waals surface area contributed by atoms with E-state index in [9.17, 15) is 0 Å². The molecule has 104 valence electrons. The first-order valence-electron chi connectivity index (χ1n) is 7.47. The van der Waals surface area contributed by atoms with Crippen molar-refractivity contribution in [1.82, 2.24) is 5.32 Å². The lowest BCUT2D eigenvalue weighted by molar-refractivity contribution is 0.00739. The minimum atomic E-state index is 0.230. The van der Waals surface area contributed by atoms with Gasteiger partial charge >= 0.3 is 0 Å². The summed E-state index contributed by atoms with van der Waals surface area (Å²) in [4.78, 5) is 0. The van der Waals surface area contributed by atoms with Gasteiger partial charge in [-0.15, -0.1) is 0 Å². The molecule has 2 aliphatic rings. The zero-order valence-electron chi connectivity index (χ0n) is 11.4. The van der Waals surface area contributed by atoms with Gasteiger partial charge in [-0.2, -0.15) is 0 Å². The summed E-state index contributed by atoms with van der Waals surface area (Å²) in [7, 11) is 0. The zero-order valence-corrected chi connectivity index (χ0v) is 11.4. The van der Waals surface area contributed by atoms with E-state index in [0.29, 0.717) is 5.92 Å². The van der Waals surface area contributed by atoms with Gasteiger partial charge in [-0.3, -0.25) is 0 Å². The monoisotopic (exact) mass is 261 g/mol. The second-order valence-electron chi connectivity index (χ2n) is 5.57. The van der Waals surface area contributed by atoms with Gasteiger partial charge < -0.3 is 14.8 Å². The molecule has 3 rings (SSSR count). The molecule has 2 heterocycles. The average Bonchev–Trinajstić information content (AvgIpc) is 2.49. The van der Waals surface area contributed by atoms with Crippen LogP contribution in [0.2, 0.25) is 0 Å². The Bertz CT molecular complexity index is 395. The van der Waals surface area contributed by atoms with Crippen LogP contribution in [0.4, 0.5) is 0 Å². The number of rotatable bonds is 3. The van der Waals surface area contributed by atoms with Crippen molar-refractivity contribution in [2.24, 2.45) is 0 Å². The van der Waals surface area contributed by atoms with E-state index in [1.54, 1.807) is 0 Å². The smallest absolute Gasteiger partial charge is 0.122 e. The second-order valence-corrected chi connectivity index (χ2v) is 5.57. The third kappa shape index (κ3) is 3.48. The molecule has 0 radical (unpaired) electrons. The molecule has 1 aromatic carbocycles. The number of benzene rings is 1. The van der Waals surface area contributed by atoms with Crippen LogP contribution in [-0.4, -0.2) is 32.4 Å². The molecule has 1 aromatic rings. The summed E-state index contributed by atoms with van der Waals surface area (Å²) in [6.45, 7) is 3.87. The summed E-state index contributed by atoms with van der Waals surface area (Å²) in [6.07, 6.45) is 5.00. The number of hydrogen-bond acceptors (Lipinski definition) is 3. The summed E-state index contributed by atoms with van der Waals surface area (Å²) in [6, 6.07) is 8.62. The Hall–Kier alpha value is -1.06. The number of hydrogen-bond donors (Lipinski definition) is 1. The first-order valence-corrected chi connectivity index (χ1v) is 7.47. The first kappa shape index (κ1) is 12.9. The van der Waals surface area contributed by atoms with Crippen molar-refractivity contribution in [3.05, 3.63) is 29.8 Å². The number of piperidine rings is 1. The molecule has 3 heteroatoms. The van der Waals surface area contributed by atoms with Crippen molar-refractivity contribution in [2.75, 3.05) is 26.3 Å². The van der Waals surface area contributed by atoms with Gasteiger partial charge in [0, 0.05) is 13.2 Å². The highest BCUT2D eigenvalue weighted by molar-refractivity contribution is 5.31. The lowest BCUT2D eigenvalue weighted by Gasteiger charge is -2.25. The molecule has 2 saturated heterocycles. The number of ether oxygens (including phenoxy) is 2. The maximum atomic E-state index is 6.04. The summed E-state index contributed by atoms with van der Waals surface area (Å²) >= 11 is 0. The van der Waals surface area contributed by atoms with Crippen LogP contribution in [0.25, 0.3) is 0 Å². The normalized spacial score (nSPS) is 28.0. The van der Waals surface area contributed by atoms with Crippen molar-refractivity contribution in [2.45, 2.75) is 37.7 Å². The second kappa shape index (κ2) is 6.40. The van der Waals surface area contributed by atoms with Gasteiger partial charge in [0.25, 0.3) is 0 Å². The maximum absolute atomic E-state index is 6.04. The van der Waals surface area contributed by atoms with Crippen molar-refractivity contribution in [1.29, 1.82) is 0 Å². The minimum absolute atomic E-state index is 0.230. The average molecular weight is 261 g/mol. The Balaban J connectivity index is 1.64. The van der Waals surface area contributed by atoms with E-state index < -0.39 is 0 Å². The SMILES string of the molecule is c1cc(OC2CCCOC2)cc(C2CCCNC2)c1. The molecule has 0 aliphatic carbocycles. The van der Waals surface area contributed by atoms with Crippen LogP contribution in [0.1, 0.15) is 37.2 Å². The molecule has 0 amide bonds. The summed E-state index contributed by atoms with van der Waals surface area (Å²) in [5.41, 5.74) is 1.40. The minimum Gasteiger partial charge on any atom is -0.488 e. The van der Waals surface area contributed by atoms with Crippen LogP contribution in [0.5, 0.6) is 5.75 Å². The maximum Gasteiger partial charge on any atom is 0.122 e.